The van der Waals surface area contributed by atoms with Gasteiger partial charge in [0.2, 0.25) is 0 Å². The van der Waals surface area contributed by atoms with E-state index in [0.717, 1.165) is 0 Å². The first-order valence-electron chi connectivity index (χ1n) is 40.2. The van der Waals surface area contributed by atoms with E-state index in [1.807, 2.05) is 0 Å². The van der Waals surface area contributed by atoms with Crippen molar-refractivity contribution in [2.75, 3.05) is 0 Å². The van der Waals surface area contributed by atoms with Gasteiger partial charge in [-0.15, -0.1) is 0 Å². The van der Waals surface area contributed by atoms with Crippen LogP contribution >= 0.6 is 0 Å². The molecule has 0 atom stereocenters. The molecule has 0 saturated carbocycles. The second-order valence-electron chi connectivity index (χ2n) is 42.6. The Balaban J connectivity index is 0.000000234. The number of hydrogen-bond acceptors (Lipinski definition) is 0. The van der Waals surface area contributed by atoms with Gasteiger partial charge in [-0.05, 0) is 176 Å². The maximum absolute atomic E-state index is 2.34. The molecule has 0 spiro atoms. The zero-order chi connectivity index (χ0) is 81.8. The highest BCUT2D eigenvalue weighted by atomic mass is 14.3. The molecule has 0 aliphatic carbocycles. The van der Waals surface area contributed by atoms with Crippen LogP contribution in [0.25, 0.3) is 44.5 Å². The van der Waals surface area contributed by atoms with Gasteiger partial charge in [0.05, 0.1) is 0 Å². The molecule has 0 N–H and O–H groups in total. The molecule has 0 nitrogen and oxygen atoms in total. The van der Waals surface area contributed by atoms with Crippen LogP contribution < -0.4 is 0 Å². The minimum atomic E-state index is 0.154. The molecule has 0 unspecified atom stereocenters. The zero-order valence-corrected chi connectivity index (χ0v) is 75.1. The molecule has 0 aliphatic rings. The molecule has 10 rings (SSSR count). The number of rotatable bonds is 4. The van der Waals surface area contributed by atoms with Crippen molar-refractivity contribution in [3.05, 3.63) is 309 Å². The predicted octanol–water partition coefficient (Wildman–Crippen LogP) is 32.4. The fourth-order valence-electron chi connectivity index (χ4n) is 13.4. The molecular formula is C108H148. The van der Waals surface area contributed by atoms with Gasteiger partial charge in [-0.3, -0.25) is 0 Å². The number of benzene rings is 10. The van der Waals surface area contributed by atoms with Crippen molar-refractivity contribution in [2.45, 2.75) is 314 Å². The molecule has 0 fully saturated rings. The first-order valence-corrected chi connectivity index (χ1v) is 40.2. The first-order chi connectivity index (χ1) is 49.2. The smallest absolute Gasteiger partial charge is 0.0126 e. The molecule has 0 amide bonds. The van der Waals surface area contributed by atoms with Crippen molar-refractivity contribution in [1.29, 1.82) is 0 Å². The van der Waals surface area contributed by atoms with E-state index in [9.17, 15) is 0 Å². The normalized spacial score (nSPS) is 12.6. The van der Waals surface area contributed by atoms with Crippen molar-refractivity contribution >= 4 is 0 Å². The molecule has 0 radical (unpaired) electrons. The minimum Gasteiger partial charge on any atom is -0.0620 e. The van der Waals surface area contributed by atoms with Crippen LogP contribution in [0.5, 0.6) is 0 Å². The third-order valence-corrected chi connectivity index (χ3v) is 20.3. The summed E-state index contributed by atoms with van der Waals surface area (Å²) in [5.74, 6) is 0. The van der Waals surface area contributed by atoms with Crippen molar-refractivity contribution in [3.63, 3.8) is 0 Å². The molecule has 0 aliphatic heterocycles. The van der Waals surface area contributed by atoms with E-state index in [4.69, 9.17) is 0 Å². The average Bonchev–Trinajstić information content (AvgIpc) is 0.800. The molecule has 10 aromatic rings. The van der Waals surface area contributed by atoms with Crippen LogP contribution in [-0.4, -0.2) is 0 Å². The van der Waals surface area contributed by atoms with Crippen LogP contribution in [0.1, 0.15) is 316 Å². The Morgan fingerprint density at radius 2 is 0.315 bits per heavy atom. The maximum Gasteiger partial charge on any atom is -0.0126 e. The Kier molecular flexibility index (Phi) is 29.8. The van der Waals surface area contributed by atoms with E-state index < -0.39 is 0 Å². The van der Waals surface area contributed by atoms with Crippen LogP contribution in [0.4, 0.5) is 0 Å². The SMILES string of the molecule is CC(C)(C)c1ccc(-c2ccccc2C(C)(C)C)cc1.CC(C)(C)c1cccc(-c2cccc(C(C)(C)C)c2)c1.CC(C)(C)c1cccc(-c2ccccc2C(C)(C)C)c1.CC(C)(C)c1cccc(C(C)(C)C)c1.CC(C)(C)c1ccccc1-c1ccccc1C(C)(C)C.CC(C)(C)c1ccccc1C(C)(C)C. The summed E-state index contributed by atoms with van der Waals surface area (Å²) in [6, 6.07) is 88.6. The molecule has 0 aromatic heterocycles. The fourth-order valence-corrected chi connectivity index (χ4v) is 13.4. The van der Waals surface area contributed by atoms with Crippen molar-refractivity contribution < 1.29 is 0 Å². The van der Waals surface area contributed by atoms with Crippen LogP contribution in [0.15, 0.2) is 243 Å². The summed E-state index contributed by atoms with van der Waals surface area (Å²) in [6.07, 6.45) is 0. The van der Waals surface area contributed by atoms with Crippen LogP contribution in [-0.2, 0) is 65.0 Å². The summed E-state index contributed by atoms with van der Waals surface area (Å²) in [5.41, 5.74) is 30.0. The van der Waals surface area contributed by atoms with Crippen molar-refractivity contribution in [2.24, 2.45) is 0 Å². The molecule has 0 saturated heterocycles. The van der Waals surface area contributed by atoms with Gasteiger partial charge in [0.15, 0.2) is 0 Å². The fraction of sp³-hybridized carbons (Fsp3) is 0.444. The average molecular weight is 1450 g/mol. The van der Waals surface area contributed by atoms with Gasteiger partial charge in [-0.25, -0.2) is 0 Å². The summed E-state index contributed by atoms with van der Waals surface area (Å²) < 4.78 is 0. The summed E-state index contributed by atoms with van der Waals surface area (Å²) in [6.45, 7) is 81.7. The van der Waals surface area contributed by atoms with Gasteiger partial charge in [0.1, 0.15) is 0 Å². The lowest BCUT2D eigenvalue weighted by Crippen LogP contribution is -2.21. The lowest BCUT2D eigenvalue weighted by atomic mass is 9.75. The van der Waals surface area contributed by atoms with E-state index in [-0.39, 0.29) is 65.0 Å². The second kappa shape index (κ2) is 35.5. The van der Waals surface area contributed by atoms with Gasteiger partial charge in [-0.1, -0.05) is 492 Å². The third kappa shape index (κ3) is 27.0. The van der Waals surface area contributed by atoms with Crippen LogP contribution in [0.3, 0.4) is 0 Å². The van der Waals surface area contributed by atoms with Gasteiger partial charge >= 0.3 is 0 Å². The molecule has 0 heteroatoms. The molecule has 108 heavy (non-hydrogen) atoms. The minimum absolute atomic E-state index is 0.154. The van der Waals surface area contributed by atoms with Gasteiger partial charge in [0.25, 0.3) is 0 Å². The van der Waals surface area contributed by atoms with E-state index >= 15 is 0 Å². The topological polar surface area (TPSA) is 0 Å². The molecule has 0 bridgehead atoms. The Bertz CT molecular complexity index is 4270. The van der Waals surface area contributed by atoms with Gasteiger partial charge in [-0.2, -0.15) is 0 Å². The largest absolute Gasteiger partial charge is 0.0620 e. The highest BCUT2D eigenvalue weighted by Crippen LogP contribution is 2.41. The summed E-state index contributed by atoms with van der Waals surface area (Å²) in [4.78, 5) is 0. The number of hydrogen-bond donors (Lipinski definition) is 0. The lowest BCUT2D eigenvalue weighted by Gasteiger charge is -2.29. The van der Waals surface area contributed by atoms with E-state index in [1.54, 1.807) is 0 Å². The van der Waals surface area contributed by atoms with Crippen molar-refractivity contribution in [3.8, 4) is 44.5 Å². The van der Waals surface area contributed by atoms with Crippen LogP contribution in [0, 0.1) is 0 Å². The Labute approximate surface area is 663 Å². The summed E-state index contributed by atoms with van der Waals surface area (Å²) >= 11 is 0. The molecule has 10 aromatic carbocycles. The zero-order valence-electron chi connectivity index (χ0n) is 75.1. The maximum atomic E-state index is 2.34. The quantitative estimate of drug-likeness (QED) is 0.165. The van der Waals surface area contributed by atoms with Crippen molar-refractivity contribution in [1.82, 2.24) is 0 Å². The Morgan fingerprint density at radius 1 is 0.120 bits per heavy atom. The van der Waals surface area contributed by atoms with Gasteiger partial charge in [0, 0.05) is 0 Å². The van der Waals surface area contributed by atoms with E-state index in [1.165, 1.54) is 111 Å². The third-order valence-electron chi connectivity index (χ3n) is 20.3. The second-order valence-corrected chi connectivity index (χ2v) is 42.6. The summed E-state index contributed by atoms with van der Waals surface area (Å²) in [5, 5.41) is 0. The standard InChI is InChI=1S/4C20H26.2C14H22/c1-19(2,3)17-11-7-9-15(13-17)16-10-8-12-18(14-16)20(4,5)6;1-19(2,3)17-13-9-7-11-15(17)16-12-8-10-14-18(16)20(4,5)6;1-19(2,3)16-11-9-10-15(14-16)17-12-7-8-13-18(17)20(4,5)6;1-19(2,3)16-13-11-15(12-14-16)17-9-7-8-10-18(17)20(4,5)6;1-13(2,3)11-8-7-9-12(10-11)14(4,5)6;1-13(2,3)11-9-7-8-10-12(11)14(4,5)6/h4*7-14H,1-6H3;2*7-10H,1-6H3. The lowest BCUT2D eigenvalue weighted by molar-refractivity contribution is 0.530. The molecule has 0 heterocycles. The molecule has 580 valence electrons. The highest BCUT2D eigenvalue weighted by molar-refractivity contribution is 5.74. The van der Waals surface area contributed by atoms with E-state index in [2.05, 4.69) is 492 Å². The Hall–Kier alpha value is -7.80. The Morgan fingerprint density at radius 3 is 0.574 bits per heavy atom. The van der Waals surface area contributed by atoms with Gasteiger partial charge < -0.3 is 0 Å². The highest BCUT2D eigenvalue weighted by Gasteiger charge is 2.28. The van der Waals surface area contributed by atoms with Crippen LogP contribution in [0.2, 0.25) is 0 Å². The first kappa shape index (κ1) is 90.8. The predicted molar refractivity (Wildman–Crippen MR) is 485 cm³/mol. The summed E-state index contributed by atoms with van der Waals surface area (Å²) in [7, 11) is 0. The monoisotopic (exact) mass is 1450 g/mol. The molecular weight excluding hydrogens is 1300 g/mol. The van der Waals surface area contributed by atoms with E-state index in [0.29, 0.717) is 0 Å².